The van der Waals surface area contributed by atoms with Crippen LogP contribution in [-0.4, -0.2) is 40.7 Å². The third kappa shape index (κ3) is 5.11. The molecule has 5 nitrogen and oxygen atoms in total. The van der Waals surface area contributed by atoms with Gasteiger partial charge in [0.2, 0.25) is 0 Å². The van der Waals surface area contributed by atoms with E-state index in [1.807, 2.05) is 0 Å². The van der Waals surface area contributed by atoms with E-state index < -0.39 is 12.0 Å². The van der Waals surface area contributed by atoms with Gasteiger partial charge in [0.1, 0.15) is 12.1 Å². The number of aliphatic carboxylic acids is 1. The Morgan fingerprint density at radius 1 is 1.42 bits per heavy atom. The maximum absolute atomic E-state index is 12.3. The molecule has 2 rings (SSSR count). The van der Waals surface area contributed by atoms with Gasteiger partial charge in [0.25, 0.3) is 0 Å². The normalized spacial score (nSPS) is 29.1. The molecular formula is C18H27NO4S. The SMILES string of the molecule is CC1=CC[C@@H]2C(CSC[C@H](N)C(=O)O)C(=O)O[C@H]2CC(C)=CCC1. The highest BCUT2D eigenvalue weighted by atomic mass is 32.2. The second-order valence-corrected chi connectivity index (χ2v) is 7.88. The van der Waals surface area contributed by atoms with Gasteiger partial charge < -0.3 is 15.6 Å². The molecule has 1 unspecified atom stereocenters. The van der Waals surface area contributed by atoms with Crippen LogP contribution in [0.3, 0.4) is 0 Å². The van der Waals surface area contributed by atoms with Crippen LogP contribution in [0.15, 0.2) is 23.3 Å². The van der Waals surface area contributed by atoms with Gasteiger partial charge in [-0.2, -0.15) is 11.8 Å². The molecule has 0 aromatic heterocycles. The summed E-state index contributed by atoms with van der Waals surface area (Å²) in [4.78, 5) is 23.1. The first-order valence-corrected chi connectivity index (χ1v) is 9.62. The molecule has 6 heteroatoms. The Balaban J connectivity index is 2.04. The van der Waals surface area contributed by atoms with E-state index in [2.05, 4.69) is 26.0 Å². The summed E-state index contributed by atoms with van der Waals surface area (Å²) in [5, 5.41) is 8.85. The molecule has 1 saturated heterocycles. The molecule has 3 N–H and O–H groups in total. The number of carboxylic acids is 1. The van der Waals surface area contributed by atoms with Crippen molar-refractivity contribution in [3.05, 3.63) is 23.3 Å². The van der Waals surface area contributed by atoms with Gasteiger partial charge in [0.05, 0.1) is 5.92 Å². The van der Waals surface area contributed by atoms with Crippen LogP contribution in [0.2, 0.25) is 0 Å². The Kier molecular flexibility index (Phi) is 6.92. The molecule has 0 spiro atoms. The van der Waals surface area contributed by atoms with Gasteiger partial charge in [0.15, 0.2) is 0 Å². The number of hydrogen-bond donors (Lipinski definition) is 2. The number of carboxylic acid groups (broad SMARTS) is 1. The molecule has 0 amide bonds. The molecule has 1 fully saturated rings. The van der Waals surface area contributed by atoms with Gasteiger partial charge in [0, 0.05) is 23.8 Å². The highest BCUT2D eigenvalue weighted by Crippen LogP contribution is 2.37. The number of allylic oxidation sites excluding steroid dienone is 3. The van der Waals surface area contributed by atoms with Gasteiger partial charge in [-0.15, -0.1) is 0 Å². The number of hydrogen-bond acceptors (Lipinski definition) is 5. The summed E-state index contributed by atoms with van der Waals surface area (Å²) >= 11 is 1.43. The van der Waals surface area contributed by atoms with Crippen molar-refractivity contribution in [2.45, 2.75) is 51.7 Å². The fourth-order valence-corrected chi connectivity index (χ4v) is 4.41. The smallest absolute Gasteiger partial charge is 0.321 e. The molecule has 0 radical (unpaired) electrons. The highest BCUT2D eigenvalue weighted by molar-refractivity contribution is 7.99. The highest BCUT2D eigenvalue weighted by Gasteiger charge is 2.43. The maximum Gasteiger partial charge on any atom is 0.321 e. The van der Waals surface area contributed by atoms with Crippen molar-refractivity contribution in [3.8, 4) is 0 Å². The molecule has 0 saturated carbocycles. The number of carbonyl (C=O) groups excluding carboxylic acids is 1. The summed E-state index contributed by atoms with van der Waals surface area (Å²) in [7, 11) is 0. The fraction of sp³-hybridized carbons (Fsp3) is 0.667. The van der Waals surface area contributed by atoms with Crippen LogP contribution in [0.5, 0.6) is 0 Å². The summed E-state index contributed by atoms with van der Waals surface area (Å²) in [6.07, 6.45) is 8.11. The zero-order valence-corrected chi connectivity index (χ0v) is 15.2. The van der Waals surface area contributed by atoms with Crippen molar-refractivity contribution in [3.63, 3.8) is 0 Å². The van der Waals surface area contributed by atoms with Crippen LogP contribution < -0.4 is 5.73 Å². The summed E-state index contributed by atoms with van der Waals surface area (Å²) in [5.41, 5.74) is 8.15. The van der Waals surface area contributed by atoms with Crippen LogP contribution in [0, 0.1) is 11.8 Å². The van der Waals surface area contributed by atoms with Gasteiger partial charge in [-0.05, 0) is 33.1 Å². The van der Waals surface area contributed by atoms with Crippen molar-refractivity contribution in [2.24, 2.45) is 17.6 Å². The minimum atomic E-state index is -1.01. The average molecular weight is 353 g/mol. The number of nitrogens with two attached hydrogens (primary N) is 1. The number of thioether (sulfide) groups is 1. The molecule has 0 aromatic carbocycles. The van der Waals surface area contributed by atoms with Crippen molar-refractivity contribution >= 4 is 23.7 Å². The standard InChI is InChI=1S/C18H27NO4S/c1-11-4-3-5-12(2)8-16-13(7-6-11)14(18(22)23-16)9-24-10-15(19)17(20)21/h5-6,13-16H,3-4,7-10,19H2,1-2H3,(H,20,21)/t13-,14?,15+,16+/m1/s1. The first-order chi connectivity index (χ1) is 11.4. The summed E-state index contributed by atoms with van der Waals surface area (Å²) in [6, 6.07) is -0.889. The molecule has 1 aliphatic heterocycles. The molecule has 1 aliphatic carbocycles. The largest absolute Gasteiger partial charge is 0.480 e. The predicted molar refractivity (Wildman–Crippen MR) is 95.8 cm³/mol. The lowest BCUT2D eigenvalue weighted by Crippen LogP contribution is -2.33. The number of esters is 1. The van der Waals surface area contributed by atoms with Crippen LogP contribution in [0.1, 0.15) is 39.5 Å². The Bertz CT molecular complexity index is 543. The number of carbonyl (C=O) groups is 2. The second kappa shape index (κ2) is 8.72. The molecule has 0 aromatic rings. The van der Waals surface area contributed by atoms with E-state index in [1.165, 1.54) is 22.9 Å². The van der Waals surface area contributed by atoms with Gasteiger partial charge >= 0.3 is 11.9 Å². The van der Waals surface area contributed by atoms with Crippen molar-refractivity contribution in [1.29, 1.82) is 0 Å². The number of fused-ring (bicyclic) bond motifs is 1. The predicted octanol–water partition coefficient (Wildman–Crippen LogP) is 2.76. The van der Waals surface area contributed by atoms with E-state index in [9.17, 15) is 9.59 Å². The lowest BCUT2D eigenvalue weighted by Gasteiger charge is -2.21. The molecular weight excluding hydrogens is 326 g/mol. The van der Waals surface area contributed by atoms with Crippen molar-refractivity contribution in [2.75, 3.05) is 11.5 Å². The summed E-state index contributed by atoms with van der Waals surface area (Å²) in [6.45, 7) is 4.23. The Morgan fingerprint density at radius 2 is 2.17 bits per heavy atom. The fourth-order valence-electron chi connectivity index (χ4n) is 3.24. The molecule has 24 heavy (non-hydrogen) atoms. The van der Waals surface area contributed by atoms with E-state index in [0.717, 1.165) is 25.7 Å². The first-order valence-electron chi connectivity index (χ1n) is 8.46. The van der Waals surface area contributed by atoms with Crippen LogP contribution in [0.25, 0.3) is 0 Å². The number of ether oxygens (including phenoxy) is 1. The van der Waals surface area contributed by atoms with Crippen molar-refractivity contribution < 1.29 is 19.4 Å². The van der Waals surface area contributed by atoms with Crippen molar-refractivity contribution in [1.82, 2.24) is 0 Å². The zero-order valence-electron chi connectivity index (χ0n) is 14.4. The van der Waals surface area contributed by atoms with Crippen LogP contribution in [-0.2, 0) is 14.3 Å². The monoisotopic (exact) mass is 353 g/mol. The molecule has 4 atom stereocenters. The first kappa shape index (κ1) is 19.1. The Hall–Kier alpha value is -1.27. The van der Waals surface area contributed by atoms with E-state index in [1.54, 1.807) is 0 Å². The summed E-state index contributed by atoms with van der Waals surface area (Å²) in [5.74, 6) is -0.312. The van der Waals surface area contributed by atoms with Crippen LogP contribution >= 0.6 is 11.8 Å². The molecule has 134 valence electrons. The third-order valence-electron chi connectivity index (χ3n) is 4.77. The minimum Gasteiger partial charge on any atom is -0.480 e. The quantitative estimate of drug-likeness (QED) is 0.583. The third-order valence-corrected chi connectivity index (χ3v) is 5.96. The van der Waals surface area contributed by atoms with Gasteiger partial charge in [-0.25, -0.2) is 0 Å². The maximum atomic E-state index is 12.3. The van der Waals surface area contributed by atoms with E-state index in [4.69, 9.17) is 15.6 Å². The number of rotatable bonds is 5. The molecule has 2 aliphatic rings. The topological polar surface area (TPSA) is 89.6 Å². The van der Waals surface area contributed by atoms with E-state index >= 15 is 0 Å². The van der Waals surface area contributed by atoms with E-state index in [0.29, 0.717) is 11.5 Å². The Labute approximate surface area is 147 Å². The average Bonchev–Trinajstić information content (AvgIpc) is 2.80. The Morgan fingerprint density at radius 3 is 2.88 bits per heavy atom. The van der Waals surface area contributed by atoms with Gasteiger partial charge in [-0.3, -0.25) is 9.59 Å². The lowest BCUT2D eigenvalue weighted by molar-refractivity contribution is -0.143. The molecule has 0 bridgehead atoms. The second-order valence-electron chi connectivity index (χ2n) is 6.81. The lowest BCUT2D eigenvalue weighted by atomic mass is 9.84. The minimum absolute atomic E-state index is 0.0744. The van der Waals surface area contributed by atoms with E-state index in [-0.39, 0.29) is 23.9 Å². The van der Waals surface area contributed by atoms with Gasteiger partial charge in [-0.1, -0.05) is 23.3 Å². The summed E-state index contributed by atoms with van der Waals surface area (Å²) < 4.78 is 5.65. The van der Waals surface area contributed by atoms with Crippen LogP contribution in [0.4, 0.5) is 0 Å². The molecule has 1 heterocycles. The zero-order chi connectivity index (χ0) is 17.7.